The smallest absolute Gasteiger partial charge is 0.218 e. The number of nitrogens with two attached hydrogens (primary N) is 1. The summed E-state index contributed by atoms with van der Waals surface area (Å²) in [4.78, 5) is 0. The summed E-state index contributed by atoms with van der Waals surface area (Å²) in [6.45, 7) is 0.125. The molecule has 3 N–H and O–H groups in total. The van der Waals surface area contributed by atoms with E-state index in [1.54, 1.807) is 30.6 Å². The van der Waals surface area contributed by atoms with E-state index in [2.05, 4.69) is 5.10 Å². The first-order valence-corrected chi connectivity index (χ1v) is 8.39. The van der Waals surface area contributed by atoms with Crippen molar-refractivity contribution in [3.05, 3.63) is 90.0 Å². The summed E-state index contributed by atoms with van der Waals surface area (Å²) >= 11 is 0. The second kappa shape index (κ2) is 8.93. The zero-order valence-electron chi connectivity index (χ0n) is 14.9. The van der Waals surface area contributed by atoms with Gasteiger partial charge in [-0.15, -0.1) is 0 Å². The Morgan fingerprint density at radius 2 is 1.63 bits per heavy atom. The third kappa shape index (κ3) is 4.31. The van der Waals surface area contributed by atoms with E-state index in [0.29, 0.717) is 22.8 Å². The topological polar surface area (TPSA) is 71.2 Å². The highest BCUT2D eigenvalue weighted by molar-refractivity contribution is 6.00. The predicted molar refractivity (Wildman–Crippen MR) is 103 cm³/mol. The Hall–Kier alpha value is -3.22. The molecule has 0 atom stereocenters. The summed E-state index contributed by atoms with van der Waals surface area (Å²) in [6.07, 6.45) is 0. The minimum atomic E-state index is -0.361. The molecule has 0 heterocycles. The third-order valence-corrected chi connectivity index (χ3v) is 4.03. The number of benzene rings is 3. The van der Waals surface area contributed by atoms with Gasteiger partial charge < -0.3 is 20.4 Å². The van der Waals surface area contributed by atoms with Gasteiger partial charge in [0.25, 0.3) is 0 Å². The number of halogens is 1. The Balaban J connectivity index is 2.03. The molecule has 3 rings (SSSR count). The number of ether oxygens (including phenoxy) is 2. The molecule has 0 aromatic heterocycles. The van der Waals surface area contributed by atoms with Crippen molar-refractivity contribution in [2.24, 2.45) is 5.10 Å². The van der Waals surface area contributed by atoms with Crippen LogP contribution < -0.4 is 10.1 Å². The zero-order valence-corrected chi connectivity index (χ0v) is 14.9. The third-order valence-electron chi connectivity index (χ3n) is 4.03. The van der Waals surface area contributed by atoms with Crippen molar-refractivity contribution < 1.29 is 19.2 Å². The van der Waals surface area contributed by atoms with E-state index in [4.69, 9.17) is 15.3 Å². The van der Waals surface area contributed by atoms with Crippen LogP contribution in [-0.4, -0.2) is 19.7 Å². The molecule has 27 heavy (non-hydrogen) atoms. The standard InChI is InChI=1S/C21H19FN3O2/c1-26-14-27-20-13-7-4-9-16(20)15-8-2-3-10-17(15)21(25-23)24-19-12-6-5-11-18(19)22/h2-13,23H,14H2,1H3,(H,24,25)/q-1/p+1. The second-order valence-corrected chi connectivity index (χ2v) is 5.76. The Bertz CT molecular complexity index is 944. The molecule has 0 aliphatic carbocycles. The fourth-order valence-electron chi connectivity index (χ4n) is 2.79. The van der Waals surface area contributed by atoms with Gasteiger partial charge in [0.2, 0.25) is 5.84 Å². The fourth-order valence-corrected chi connectivity index (χ4v) is 2.79. The molecule has 138 valence electrons. The zero-order chi connectivity index (χ0) is 19.1. The number of nitrogens with one attached hydrogen (secondary N) is 1. The minimum absolute atomic E-state index is 0.125. The Morgan fingerprint density at radius 3 is 2.37 bits per heavy atom. The highest BCUT2D eigenvalue weighted by Gasteiger charge is 2.18. The number of hydrogen-bond donors (Lipinski definition) is 1. The first kappa shape index (κ1) is 18.6. The average Bonchev–Trinajstić information content (AvgIpc) is 2.72. The lowest BCUT2D eigenvalue weighted by Gasteiger charge is -2.15. The molecule has 0 fully saturated rings. The van der Waals surface area contributed by atoms with Crippen molar-refractivity contribution in [2.75, 3.05) is 13.9 Å². The molecule has 0 spiro atoms. The van der Waals surface area contributed by atoms with Gasteiger partial charge in [-0.1, -0.05) is 48.5 Å². The van der Waals surface area contributed by atoms with Crippen LogP contribution in [0.2, 0.25) is 0 Å². The molecule has 0 aliphatic heterocycles. The average molecular weight is 365 g/mol. The van der Waals surface area contributed by atoms with Gasteiger partial charge in [-0.25, -0.2) is 4.39 Å². The number of para-hydroxylation sites is 2. The lowest BCUT2D eigenvalue weighted by Crippen LogP contribution is -2.83. The number of amidine groups is 1. The van der Waals surface area contributed by atoms with E-state index in [9.17, 15) is 4.39 Å². The summed E-state index contributed by atoms with van der Waals surface area (Å²) in [5.74, 6) is 8.28. The normalized spacial score (nSPS) is 11.4. The van der Waals surface area contributed by atoms with E-state index in [1.807, 2.05) is 48.5 Å². The Kier molecular flexibility index (Phi) is 6.14. The second-order valence-electron chi connectivity index (χ2n) is 5.76. The Labute approximate surface area is 157 Å². The van der Waals surface area contributed by atoms with E-state index in [1.165, 1.54) is 6.07 Å². The Morgan fingerprint density at radius 1 is 0.963 bits per heavy atom. The van der Waals surface area contributed by atoms with Crippen LogP contribution >= 0.6 is 0 Å². The monoisotopic (exact) mass is 365 g/mol. The molecule has 0 saturated carbocycles. The number of hydrogen-bond acceptors (Lipinski definition) is 3. The maximum Gasteiger partial charge on any atom is 0.218 e. The number of rotatable bonds is 6. The van der Waals surface area contributed by atoms with Crippen molar-refractivity contribution in [2.45, 2.75) is 0 Å². The highest BCUT2D eigenvalue weighted by Crippen LogP contribution is 2.32. The number of nitrogens with zero attached hydrogens (tertiary/aromatic N) is 1. The summed E-state index contributed by atoms with van der Waals surface area (Å²) in [6, 6.07) is 21.5. The van der Waals surface area contributed by atoms with Crippen LogP contribution in [0.5, 0.6) is 5.75 Å². The van der Waals surface area contributed by atoms with Crippen LogP contribution in [-0.2, 0) is 4.74 Å². The summed E-state index contributed by atoms with van der Waals surface area (Å²) in [5.41, 5.74) is 2.77. The molecule has 0 radical (unpaired) electrons. The van der Waals surface area contributed by atoms with Crippen molar-refractivity contribution in [3.63, 3.8) is 0 Å². The van der Waals surface area contributed by atoms with Crippen LogP contribution in [0.4, 0.5) is 10.1 Å². The molecule has 0 bridgehead atoms. The lowest BCUT2D eigenvalue weighted by atomic mass is 9.98. The molecule has 0 unspecified atom stereocenters. The van der Waals surface area contributed by atoms with Gasteiger partial charge in [0, 0.05) is 24.3 Å². The maximum absolute atomic E-state index is 14.0. The SMILES string of the molecule is COCOc1ccccc1-c1ccccc1C(=N[NH-])[NH2+]c1ccccc1F. The van der Waals surface area contributed by atoms with Gasteiger partial charge in [0.05, 0.1) is 5.56 Å². The molecular formula is C21H20FN3O2. The fraction of sp³-hybridized carbons (Fsp3) is 0.0952. The molecule has 0 amide bonds. The molecule has 5 nitrogen and oxygen atoms in total. The predicted octanol–water partition coefficient (Wildman–Crippen LogP) is 4.08. The van der Waals surface area contributed by atoms with E-state index in [0.717, 1.165) is 11.1 Å². The van der Waals surface area contributed by atoms with Gasteiger partial charge >= 0.3 is 0 Å². The maximum atomic E-state index is 14.0. The summed E-state index contributed by atoms with van der Waals surface area (Å²) in [7, 11) is 1.56. The number of methoxy groups -OCH3 is 1. The quantitative estimate of drug-likeness (QED) is 0.235. The first-order valence-electron chi connectivity index (χ1n) is 8.39. The molecule has 3 aromatic rings. The largest absolute Gasteiger partial charge is 0.612 e. The van der Waals surface area contributed by atoms with E-state index in [-0.39, 0.29) is 12.6 Å². The molecule has 3 aromatic carbocycles. The minimum Gasteiger partial charge on any atom is -0.612 e. The van der Waals surface area contributed by atoms with Crippen molar-refractivity contribution in [3.8, 4) is 16.9 Å². The van der Waals surface area contributed by atoms with Crippen LogP contribution in [0, 0.1) is 5.82 Å². The summed E-state index contributed by atoms with van der Waals surface area (Å²) < 4.78 is 24.7. The van der Waals surface area contributed by atoms with Crippen LogP contribution in [0.3, 0.4) is 0 Å². The van der Waals surface area contributed by atoms with E-state index < -0.39 is 0 Å². The lowest BCUT2D eigenvalue weighted by molar-refractivity contribution is -0.445. The highest BCUT2D eigenvalue weighted by atomic mass is 19.1. The first-order chi connectivity index (χ1) is 13.2. The number of quaternary nitrogens is 1. The van der Waals surface area contributed by atoms with Gasteiger partial charge in [0.1, 0.15) is 5.75 Å². The molecule has 0 aliphatic rings. The van der Waals surface area contributed by atoms with E-state index >= 15 is 0 Å². The molecular weight excluding hydrogens is 345 g/mol. The van der Waals surface area contributed by atoms with Crippen molar-refractivity contribution >= 4 is 11.5 Å². The van der Waals surface area contributed by atoms with Crippen LogP contribution in [0.25, 0.3) is 17.0 Å². The van der Waals surface area contributed by atoms with Crippen molar-refractivity contribution in [1.82, 2.24) is 0 Å². The van der Waals surface area contributed by atoms with Gasteiger partial charge in [-0.2, -0.15) is 0 Å². The van der Waals surface area contributed by atoms with Crippen LogP contribution in [0.1, 0.15) is 5.56 Å². The van der Waals surface area contributed by atoms with Crippen LogP contribution in [0.15, 0.2) is 77.9 Å². The van der Waals surface area contributed by atoms with Crippen molar-refractivity contribution in [1.29, 1.82) is 0 Å². The molecule has 6 heteroatoms. The summed E-state index contributed by atoms with van der Waals surface area (Å²) in [5, 5.41) is 5.22. The van der Waals surface area contributed by atoms with Gasteiger partial charge in [0.15, 0.2) is 18.3 Å². The van der Waals surface area contributed by atoms with Gasteiger partial charge in [-0.05, 0) is 18.2 Å². The molecule has 0 saturated heterocycles. The van der Waals surface area contributed by atoms with Gasteiger partial charge in [-0.3, -0.25) is 5.32 Å².